The van der Waals surface area contributed by atoms with Crippen LogP contribution in [0.3, 0.4) is 0 Å². The molecule has 1 aliphatic rings. The van der Waals surface area contributed by atoms with Crippen LogP contribution in [0.25, 0.3) is 0 Å². The van der Waals surface area contributed by atoms with E-state index < -0.39 is 0 Å². The SMILES string of the molecule is CCc1nc(CCNC(=O)[C@H]2CCc3ccccc32)cs1. The molecule has 0 saturated heterocycles. The summed E-state index contributed by atoms with van der Waals surface area (Å²) in [6, 6.07) is 8.28. The van der Waals surface area contributed by atoms with Crippen LogP contribution in [0.2, 0.25) is 0 Å². The molecular formula is C17H20N2OS. The second-order valence-corrected chi connectivity index (χ2v) is 6.36. The zero-order valence-electron chi connectivity index (χ0n) is 12.3. The van der Waals surface area contributed by atoms with Crippen LogP contribution in [0, 0.1) is 0 Å². The Kier molecular flexibility index (Phi) is 4.34. The van der Waals surface area contributed by atoms with Gasteiger partial charge in [0.2, 0.25) is 5.91 Å². The molecule has 1 N–H and O–H groups in total. The number of rotatable bonds is 5. The Hall–Kier alpha value is -1.68. The van der Waals surface area contributed by atoms with Crippen LogP contribution in [0.4, 0.5) is 0 Å². The Morgan fingerprint density at radius 2 is 2.29 bits per heavy atom. The van der Waals surface area contributed by atoms with Gasteiger partial charge >= 0.3 is 0 Å². The number of carbonyl (C=O) groups is 1. The van der Waals surface area contributed by atoms with Crippen LogP contribution >= 0.6 is 11.3 Å². The van der Waals surface area contributed by atoms with Crippen LogP contribution in [-0.2, 0) is 24.1 Å². The summed E-state index contributed by atoms with van der Waals surface area (Å²) in [7, 11) is 0. The molecule has 3 rings (SSSR count). The van der Waals surface area contributed by atoms with Gasteiger partial charge in [-0.05, 0) is 30.4 Å². The minimum atomic E-state index is 0.0304. The number of nitrogens with one attached hydrogen (secondary N) is 1. The maximum Gasteiger partial charge on any atom is 0.227 e. The lowest BCUT2D eigenvalue weighted by Crippen LogP contribution is -2.30. The molecule has 1 amide bonds. The number of carbonyl (C=O) groups excluding carboxylic acids is 1. The molecule has 1 aliphatic carbocycles. The number of nitrogens with zero attached hydrogens (tertiary/aromatic N) is 1. The molecule has 0 bridgehead atoms. The number of benzene rings is 1. The molecule has 1 aromatic carbocycles. The van der Waals surface area contributed by atoms with Gasteiger partial charge in [0.05, 0.1) is 16.6 Å². The van der Waals surface area contributed by atoms with Gasteiger partial charge in [-0.3, -0.25) is 4.79 Å². The van der Waals surface area contributed by atoms with E-state index in [1.54, 1.807) is 11.3 Å². The average molecular weight is 300 g/mol. The summed E-state index contributed by atoms with van der Waals surface area (Å²) in [5.41, 5.74) is 3.62. The van der Waals surface area contributed by atoms with Gasteiger partial charge in [-0.1, -0.05) is 31.2 Å². The van der Waals surface area contributed by atoms with Gasteiger partial charge in [0.25, 0.3) is 0 Å². The minimum absolute atomic E-state index is 0.0304. The van der Waals surface area contributed by atoms with E-state index in [0.29, 0.717) is 6.54 Å². The Morgan fingerprint density at radius 1 is 1.43 bits per heavy atom. The summed E-state index contributed by atoms with van der Waals surface area (Å²) in [6.07, 6.45) is 3.74. The molecule has 0 spiro atoms. The van der Waals surface area contributed by atoms with Crippen molar-refractivity contribution in [3.8, 4) is 0 Å². The first-order valence-electron chi connectivity index (χ1n) is 7.56. The van der Waals surface area contributed by atoms with Crippen LogP contribution < -0.4 is 5.32 Å². The maximum absolute atomic E-state index is 12.3. The van der Waals surface area contributed by atoms with Gasteiger partial charge in [0.1, 0.15) is 0 Å². The molecule has 2 aromatic rings. The molecule has 0 unspecified atom stereocenters. The summed E-state index contributed by atoms with van der Waals surface area (Å²) in [5, 5.41) is 6.33. The smallest absolute Gasteiger partial charge is 0.227 e. The molecule has 0 aliphatic heterocycles. The largest absolute Gasteiger partial charge is 0.355 e. The van der Waals surface area contributed by atoms with Crippen molar-refractivity contribution >= 4 is 17.2 Å². The monoisotopic (exact) mass is 300 g/mol. The normalized spacial score (nSPS) is 16.7. The van der Waals surface area contributed by atoms with Gasteiger partial charge in [-0.25, -0.2) is 4.98 Å². The van der Waals surface area contributed by atoms with Gasteiger partial charge in [-0.2, -0.15) is 0 Å². The highest BCUT2D eigenvalue weighted by atomic mass is 32.1. The fourth-order valence-electron chi connectivity index (χ4n) is 2.89. The number of aromatic nitrogens is 1. The lowest BCUT2D eigenvalue weighted by atomic mass is 10.0. The van der Waals surface area contributed by atoms with E-state index in [9.17, 15) is 4.79 Å². The lowest BCUT2D eigenvalue weighted by molar-refractivity contribution is -0.122. The Balaban J connectivity index is 1.53. The van der Waals surface area contributed by atoms with Crippen LogP contribution in [0.5, 0.6) is 0 Å². The molecular weight excluding hydrogens is 280 g/mol. The zero-order valence-corrected chi connectivity index (χ0v) is 13.1. The van der Waals surface area contributed by atoms with Gasteiger partial charge in [0, 0.05) is 18.3 Å². The minimum Gasteiger partial charge on any atom is -0.355 e. The first-order chi connectivity index (χ1) is 10.3. The van der Waals surface area contributed by atoms with E-state index >= 15 is 0 Å². The van der Waals surface area contributed by atoms with Crippen molar-refractivity contribution in [2.75, 3.05) is 6.54 Å². The highest BCUT2D eigenvalue weighted by Gasteiger charge is 2.27. The second kappa shape index (κ2) is 6.39. The summed E-state index contributed by atoms with van der Waals surface area (Å²) in [4.78, 5) is 16.9. The van der Waals surface area contributed by atoms with Crippen molar-refractivity contribution in [2.24, 2.45) is 0 Å². The third-order valence-corrected chi connectivity index (χ3v) is 5.07. The third kappa shape index (κ3) is 3.16. The molecule has 0 fully saturated rings. The number of hydrogen-bond donors (Lipinski definition) is 1. The average Bonchev–Trinajstić information content (AvgIpc) is 3.13. The number of amides is 1. The number of hydrogen-bond acceptors (Lipinski definition) is 3. The molecule has 1 heterocycles. The first-order valence-corrected chi connectivity index (χ1v) is 8.44. The predicted octanol–water partition coefficient (Wildman–Crippen LogP) is 3.09. The zero-order chi connectivity index (χ0) is 14.7. The summed E-state index contributed by atoms with van der Waals surface area (Å²) >= 11 is 1.70. The first kappa shape index (κ1) is 14.3. The molecule has 0 saturated carbocycles. The Bertz CT molecular complexity index is 635. The van der Waals surface area contributed by atoms with Crippen molar-refractivity contribution < 1.29 is 4.79 Å². The van der Waals surface area contributed by atoms with E-state index in [0.717, 1.165) is 31.4 Å². The fourth-order valence-corrected chi connectivity index (χ4v) is 3.67. The lowest BCUT2D eigenvalue weighted by Gasteiger charge is -2.11. The summed E-state index contributed by atoms with van der Waals surface area (Å²) < 4.78 is 0. The number of fused-ring (bicyclic) bond motifs is 1. The number of thiazole rings is 1. The van der Waals surface area contributed by atoms with Gasteiger partial charge in [-0.15, -0.1) is 11.3 Å². The van der Waals surface area contributed by atoms with Crippen molar-refractivity contribution in [1.29, 1.82) is 0 Å². The van der Waals surface area contributed by atoms with Gasteiger partial charge in [0.15, 0.2) is 0 Å². The summed E-state index contributed by atoms with van der Waals surface area (Å²) in [5.74, 6) is 0.189. The number of aryl methyl sites for hydroxylation is 2. The molecule has 21 heavy (non-hydrogen) atoms. The van der Waals surface area contributed by atoms with Crippen molar-refractivity contribution in [2.45, 2.75) is 38.5 Å². The molecule has 4 heteroatoms. The van der Waals surface area contributed by atoms with Gasteiger partial charge < -0.3 is 5.32 Å². The van der Waals surface area contributed by atoms with Crippen LogP contribution in [0.1, 0.15) is 41.1 Å². The van der Waals surface area contributed by atoms with E-state index in [4.69, 9.17) is 0 Å². The van der Waals surface area contributed by atoms with E-state index in [1.165, 1.54) is 16.1 Å². The van der Waals surface area contributed by atoms with Crippen LogP contribution in [0.15, 0.2) is 29.6 Å². The standard InChI is InChI=1S/C17H20N2OS/c1-2-16-19-13(11-21-16)9-10-18-17(20)15-8-7-12-5-3-4-6-14(12)15/h3-6,11,15H,2,7-10H2,1H3,(H,18,20)/t15-/m0/s1. The molecule has 0 radical (unpaired) electrons. The summed E-state index contributed by atoms with van der Waals surface area (Å²) in [6.45, 7) is 2.78. The Morgan fingerprint density at radius 3 is 3.10 bits per heavy atom. The quantitative estimate of drug-likeness (QED) is 0.922. The Labute approximate surface area is 129 Å². The molecule has 110 valence electrons. The predicted molar refractivity (Wildman–Crippen MR) is 85.7 cm³/mol. The third-order valence-electron chi connectivity index (χ3n) is 4.03. The van der Waals surface area contributed by atoms with E-state index in [-0.39, 0.29) is 11.8 Å². The molecule has 3 nitrogen and oxygen atoms in total. The maximum atomic E-state index is 12.3. The fraction of sp³-hybridized carbons (Fsp3) is 0.412. The van der Waals surface area contributed by atoms with E-state index in [1.807, 2.05) is 12.1 Å². The highest BCUT2D eigenvalue weighted by molar-refractivity contribution is 7.09. The van der Waals surface area contributed by atoms with Crippen molar-refractivity contribution in [1.82, 2.24) is 10.3 Å². The van der Waals surface area contributed by atoms with Crippen LogP contribution in [-0.4, -0.2) is 17.4 Å². The van der Waals surface area contributed by atoms with E-state index in [2.05, 4.69) is 34.7 Å². The van der Waals surface area contributed by atoms with Crippen molar-refractivity contribution in [3.63, 3.8) is 0 Å². The second-order valence-electron chi connectivity index (χ2n) is 5.42. The highest BCUT2D eigenvalue weighted by Crippen LogP contribution is 2.32. The molecule has 1 aromatic heterocycles. The molecule has 1 atom stereocenters. The topological polar surface area (TPSA) is 42.0 Å². The van der Waals surface area contributed by atoms with Crippen molar-refractivity contribution in [3.05, 3.63) is 51.5 Å².